The number of hydrogen-bond acceptors (Lipinski definition) is 2. The van der Waals surface area contributed by atoms with Crippen molar-refractivity contribution in [3.63, 3.8) is 0 Å². The fourth-order valence-electron chi connectivity index (χ4n) is 2.69. The topological polar surface area (TPSA) is 46.2 Å². The van der Waals surface area contributed by atoms with Crippen LogP contribution in [0.1, 0.15) is 40.7 Å². The molecule has 1 aliphatic carbocycles. The molecule has 16 heavy (non-hydrogen) atoms. The highest BCUT2D eigenvalue weighted by Crippen LogP contribution is 2.47. The van der Waals surface area contributed by atoms with E-state index in [2.05, 4.69) is 5.32 Å². The summed E-state index contributed by atoms with van der Waals surface area (Å²) in [5, 5.41) is 2.47. The van der Waals surface area contributed by atoms with E-state index in [0.717, 1.165) is 30.4 Å². The second kappa shape index (κ2) is 2.94. The van der Waals surface area contributed by atoms with E-state index < -0.39 is 5.41 Å². The molecule has 1 aromatic rings. The smallest absolute Gasteiger partial charge is 0.258 e. The normalized spacial score (nSPS) is 21.3. The zero-order valence-corrected chi connectivity index (χ0v) is 9.17. The van der Waals surface area contributed by atoms with Gasteiger partial charge in [0.25, 0.3) is 5.91 Å². The van der Waals surface area contributed by atoms with E-state index in [9.17, 15) is 9.59 Å². The lowest BCUT2D eigenvalue weighted by molar-refractivity contribution is -0.129. The third-order valence-electron chi connectivity index (χ3n) is 3.80. The van der Waals surface area contributed by atoms with E-state index in [-0.39, 0.29) is 11.8 Å². The maximum absolute atomic E-state index is 12.0. The van der Waals surface area contributed by atoms with Crippen molar-refractivity contribution < 1.29 is 9.59 Å². The molecule has 0 aromatic heterocycles. The molecule has 82 valence electrons. The van der Waals surface area contributed by atoms with Gasteiger partial charge >= 0.3 is 0 Å². The van der Waals surface area contributed by atoms with Crippen molar-refractivity contribution in [3.8, 4) is 0 Å². The minimum Gasteiger partial charge on any atom is -0.292 e. The number of carbonyl (C=O) groups excluding carboxylic acids is 2. The van der Waals surface area contributed by atoms with Crippen molar-refractivity contribution in [3.05, 3.63) is 34.9 Å². The summed E-state index contributed by atoms with van der Waals surface area (Å²) in [6.45, 7) is 1.99. The van der Waals surface area contributed by atoms with Crippen LogP contribution in [0.15, 0.2) is 18.2 Å². The molecule has 1 N–H and O–H groups in total. The molecule has 0 unspecified atom stereocenters. The van der Waals surface area contributed by atoms with E-state index in [1.54, 1.807) is 0 Å². The van der Waals surface area contributed by atoms with Crippen molar-refractivity contribution in [2.45, 2.75) is 31.6 Å². The van der Waals surface area contributed by atoms with Crippen molar-refractivity contribution in [1.82, 2.24) is 5.32 Å². The Morgan fingerprint density at radius 2 is 2.00 bits per heavy atom. The van der Waals surface area contributed by atoms with Crippen molar-refractivity contribution in [2.75, 3.05) is 0 Å². The minimum atomic E-state index is -0.407. The van der Waals surface area contributed by atoms with Gasteiger partial charge in [-0.1, -0.05) is 24.1 Å². The minimum absolute atomic E-state index is 0.109. The zero-order chi connectivity index (χ0) is 11.3. The van der Waals surface area contributed by atoms with Gasteiger partial charge < -0.3 is 0 Å². The lowest BCUT2D eigenvalue weighted by atomic mass is 9.61. The molecule has 2 aliphatic rings. The predicted octanol–water partition coefficient (Wildman–Crippen LogP) is 1.69. The molecule has 1 fully saturated rings. The average Bonchev–Trinajstić information content (AvgIpc) is 2.14. The van der Waals surface area contributed by atoms with Crippen LogP contribution in [-0.4, -0.2) is 11.8 Å². The van der Waals surface area contributed by atoms with Crippen LogP contribution in [0.3, 0.4) is 0 Å². The van der Waals surface area contributed by atoms with Crippen LogP contribution in [0, 0.1) is 6.92 Å². The molecule has 3 heteroatoms. The molecule has 1 saturated carbocycles. The van der Waals surface area contributed by atoms with Crippen LogP contribution < -0.4 is 5.32 Å². The number of imide groups is 1. The highest BCUT2D eigenvalue weighted by Gasteiger charge is 2.50. The second-order valence-electron chi connectivity index (χ2n) is 4.77. The van der Waals surface area contributed by atoms with Gasteiger partial charge in [-0.25, -0.2) is 0 Å². The molecule has 3 rings (SSSR count). The van der Waals surface area contributed by atoms with Crippen LogP contribution in [0.2, 0.25) is 0 Å². The number of amides is 2. The number of aryl methyl sites for hydroxylation is 1. The maximum Gasteiger partial charge on any atom is 0.258 e. The van der Waals surface area contributed by atoms with E-state index in [1.807, 2.05) is 25.1 Å². The Hall–Kier alpha value is -1.64. The molecule has 2 amide bonds. The second-order valence-corrected chi connectivity index (χ2v) is 4.77. The Kier molecular flexibility index (Phi) is 1.76. The zero-order valence-electron chi connectivity index (χ0n) is 9.17. The molecule has 1 spiro atoms. The molecule has 0 bridgehead atoms. The number of hydrogen-bond donors (Lipinski definition) is 1. The van der Waals surface area contributed by atoms with Gasteiger partial charge in [-0.15, -0.1) is 0 Å². The summed E-state index contributed by atoms with van der Waals surface area (Å²) >= 11 is 0. The number of rotatable bonds is 0. The third kappa shape index (κ3) is 1.03. The van der Waals surface area contributed by atoms with Gasteiger partial charge in [-0.05, 0) is 31.4 Å². The van der Waals surface area contributed by atoms with Gasteiger partial charge in [0.2, 0.25) is 5.91 Å². The van der Waals surface area contributed by atoms with Crippen molar-refractivity contribution in [2.24, 2.45) is 0 Å². The van der Waals surface area contributed by atoms with Crippen molar-refractivity contribution in [1.29, 1.82) is 0 Å². The van der Waals surface area contributed by atoms with Gasteiger partial charge in [0.1, 0.15) is 0 Å². The Bertz CT molecular complexity index is 501. The van der Waals surface area contributed by atoms with Gasteiger partial charge in [0.05, 0.1) is 5.41 Å². The van der Waals surface area contributed by atoms with Crippen LogP contribution >= 0.6 is 0 Å². The standard InChI is InChI=1S/C13H13NO2/c1-8-3-4-9-10(7-8)13(5-2-6-13)12(16)14-11(9)15/h3-4,7H,2,5-6H2,1H3,(H,14,15,16). The molecule has 0 saturated heterocycles. The predicted molar refractivity (Wildman–Crippen MR) is 59.2 cm³/mol. The monoisotopic (exact) mass is 215 g/mol. The Morgan fingerprint density at radius 3 is 2.62 bits per heavy atom. The van der Waals surface area contributed by atoms with Gasteiger partial charge in [0, 0.05) is 5.56 Å². The van der Waals surface area contributed by atoms with Gasteiger partial charge in [0.15, 0.2) is 0 Å². The third-order valence-corrected chi connectivity index (χ3v) is 3.80. The number of fused-ring (bicyclic) bond motifs is 2. The Morgan fingerprint density at radius 1 is 1.25 bits per heavy atom. The highest BCUT2D eigenvalue weighted by molar-refractivity contribution is 6.13. The molecule has 1 aliphatic heterocycles. The Labute approximate surface area is 93.8 Å². The molecular weight excluding hydrogens is 202 g/mol. The number of nitrogens with one attached hydrogen (secondary N) is 1. The SMILES string of the molecule is Cc1ccc2c(c1)C1(CCC1)C(=O)NC2=O. The van der Waals surface area contributed by atoms with Crippen LogP contribution in [0.5, 0.6) is 0 Å². The Balaban J connectivity index is 2.25. The summed E-state index contributed by atoms with van der Waals surface area (Å²) in [5.74, 6) is -0.362. The summed E-state index contributed by atoms with van der Waals surface area (Å²) in [6, 6.07) is 5.73. The maximum atomic E-state index is 12.0. The lowest BCUT2D eigenvalue weighted by Crippen LogP contribution is -2.55. The van der Waals surface area contributed by atoms with E-state index >= 15 is 0 Å². The van der Waals surface area contributed by atoms with Crippen LogP contribution in [0.25, 0.3) is 0 Å². The summed E-state index contributed by atoms with van der Waals surface area (Å²) in [5.41, 5.74) is 2.31. The van der Waals surface area contributed by atoms with E-state index in [0.29, 0.717) is 5.56 Å². The quantitative estimate of drug-likeness (QED) is 0.669. The fraction of sp³-hybridized carbons (Fsp3) is 0.385. The first kappa shape index (κ1) is 9.58. The number of carbonyl (C=O) groups is 2. The summed E-state index contributed by atoms with van der Waals surface area (Å²) < 4.78 is 0. The fourth-order valence-corrected chi connectivity index (χ4v) is 2.69. The van der Waals surface area contributed by atoms with Gasteiger partial charge in [-0.3, -0.25) is 14.9 Å². The first-order valence-corrected chi connectivity index (χ1v) is 5.60. The summed E-state index contributed by atoms with van der Waals surface area (Å²) in [6.07, 6.45) is 2.79. The first-order chi connectivity index (χ1) is 7.63. The van der Waals surface area contributed by atoms with Crippen LogP contribution in [-0.2, 0) is 10.2 Å². The average molecular weight is 215 g/mol. The molecule has 1 aromatic carbocycles. The molecule has 1 heterocycles. The molecule has 3 nitrogen and oxygen atoms in total. The summed E-state index contributed by atoms with van der Waals surface area (Å²) in [4.78, 5) is 23.7. The molecule has 0 radical (unpaired) electrons. The largest absolute Gasteiger partial charge is 0.292 e. The molecular formula is C13H13NO2. The summed E-state index contributed by atoms with van der Waals surface area (Å²) in [7, 11) is 0. The van der Waals surface area contributed by atoms with Crippen molar-refractivity contribution >= 4 is 11.8 Å². The highest BCUT2D eigenvalue weighted by atomic mass is 16.2. The first-order valence-electron chi connectivity index (χ1n) is 5.60. The molecule has 0 atom stereocenters. The van der Waals surface area contributed by atoms with E-state index in [1.165, 1.54) is 0 Å². The number of benzene rings is 1. The lowest BCUT2D eigenvalue weighted by Gasteiger charge is -2.44. The van der Waals surface area contributed by atoms with E-state index in [4.69, 9.17) is 0 Å². The van der Waals surface area contributed by atoms with Crippen LogP contribution in [0.4, 0.5) is 0 Å². The van der Waals surface area contributed by atoms with Gasteiger partial charge in [-0.2, -0.15) is 0 Å².